The maximum absolute atomic E-state index is 12.5. The zero-order valence-corrected chi connectivity index (χ0v) is 11.6. The van der Waals surface area contributed by atoms with Crippen molar-refractivity contribution in [2.45, 2.75) is 45.2 Å². The van der Waals surface area contributed by atoms with Crippen molar-refractivity contribution in [2.24, 2.45) is 5.73 Å². The summed E-state index contributed by atoms with van der Waals surface area (Å²) >= 11 is 0. The lowest BCUT2D eigenvalue weighted by molar-refractivity contribution is -0.138. The summed E-state index contributed by atoms with van der Waals surface area (Å²) in [5, 5.41) is 9.54. The summed E-state index contributed by atoms with van der Waals surface area (Å²) < 4.78 is 0. The van der Waals surface area contributed by atoms with Crippen LogP contribution in [0.15, 0.2) is 18.2 Å². The number of hydrogen-bond donors (Lipinski definition) is 2. The Labute approximate surface area is 114 Å². The highest BCUT2D eigenvalue weighted by Crippen LogP contribution is 2.25. The van der Waals surface area contributed by atoms with Gasteiger partial charge in [-0.1, -0.05) is 19.9 Å². The van der Waals surface area contributed by atoms with Gasteiger partial charge < -0.3 is 15.7 Å². The third-order valence-electron chi connectivity index (χ3n) is 4.18. The zero-order valence-electron chi connectivity index (χ0n) is 11.6. The Bertz CT molecular complexity index is 481. The Balaban J connectivity index is 2.20. The van der Waals surface area contributed by atoms with Crippen molar-refractivity contribution in [3.63, 3.8) is 0 Å². The second-order valence-electron chi connectivity index (χ2n) is 5.29. The minimum Gasteiger partial charge on any atom is -0.508 e. The summed E-state index contributed by atoms with van der Waals surface area (Å²) in [6, 6.07) is 5.37. The average Bonchev–Trinajstić information content (AvgIpc) is 2.44. The number of carbonyl (C=O) groups is 1. The fourth-order valence-corrected chi connectivity index (χ4v) is 2.58. The van der Waals surface area contributed by atoms with Gasteiger partial charge in [0.15, 0.2) is 0 Å². The van der Waals surface area contributed by atoms with Gasteiger partial charge in [-0.2, -0.15) is 0 Å². The van der Waals surface area contributed by atoms with Crippen LogP contribution in [0.3, 0.4) is 0 Å². The summed E-state index contributed by atoms with van der Waals surface area (Å²) in [5.41, 5.74) is 7.65. The lowest BCUT2D eigenvalue weighted by atomic mass is 9.90. The number of rotatable bonds is 3. The number of benzene rings is 1. The van der Waals surface area contributed by atoms with Crippen molar-refractivity contribution < 1.29 is 9.90 Å². The molecule has 104 valence electrons. The van der Waals surface area contributed by atoms with E-state index in [2.05, 4.69) is 0 Å². The quantitative estimate of drug-likeness (QED) is 0.872. The molecule has 0 saturated carbocycles. The van der Waals surface area contributed by atoms with E-state index in [0.29, 0.717) is 25.9 Å². The number of nitrogens with two attached hydrogens (primary N) is 1. The fourth-order valence-electron chi connectivity index (χ4n) is 2.58. The highest BCUT2D eigenvalue weighted by atomic mass is 16.3. The van der Waals surface area contributed by atoms with Crippen molar-refractivity contribution in [1.82, 2.24) is 4.90 Å². The molecule has 0 bridgehead atoms. The first-order valence-corrected chi connectivity index (χ1v) is 6.89. The SMILES string of the molecule is CCC(N)(CC)C(=O)N1CCc2ccc(O)cc2C1. The van der Waals surface area contributed by atoms with E-state index < -0.39 is 5.54 Å². The number of fused-ring (bicyclic) bond motifs is 1. The lowest BCUT2D eigenvalue weighted by Crippen LogP contribution is -2.55. The molecule has 1 aliphatic heterocycles. The smallest absolute Gasteiger partial charge is 0.242 e. The number of amides is 1. The predicted octanol–water partition coefficient (Wildman–Crippen LogP) is 1.79. The van der Waals surface area contributed by atoms with Crippen molar-refractivity contribution in [2.75, 3.05) is 6.54 Å². The predicted molar refractivity (Wildman–Crippen MR) is 74.7 cm³/mol. The molecule has 19 heavy (non-hydrogen) atoms. The lowest BCUT2D eigenvalue weighted by Gasteiger charge is -2.36. The molecule has 4 nitrogen and oxygen atoms in total. The monoisotopic (exact) mass is 262 g/mol. The molecule has 0 aromatic heterocycles. The standard InChI is InChI=1S/C15H22N2O2/c1-3-15(16,4-2)14(19)17-8-7-11-5-6-13(18)9-12(11)10-17/h5-6,9,18H,3-4,7-8,10,16H2,1-2H3. The molecule has 0 saturated heterocycles. The number of carbonyl (C=O) groups excluding carboxylic acids is 1. The van der Waals surface area contributed by atoms with E-state index in [9.17, 15) is 9.90 Å². The highest BCUT2D eigenvalue weighted by molar-refractivity contribution is 5.86. The van der Waals surface area contributed by atoms with Crippen molar-refractivity contribution in [3.8, 4) is 5.75 Å². The van der Waals surface area contributed by atoms with Gasteiger partial charge in [-0.05, 0) is 42.5 Å². The Kier molecular flexibility index (Phi) is 3.80. The van der Waals surface area contributed by atoms with Crippen molar-refractivity contribution >= 4 is 5.91 Å². The number of phenolic OH excluding ortho intramolecular Hbond substituents is 1. The largest absolute Gasteiger partial charge is 0.508 e. The summed E-state index contributed by atoms with van der Waals surface area (Å²) in [7, 11) is 0. The van der Waals surface area contributed by atoms with E-state index in [1.807, 2.05) is 24.8 Å². The third-order valence-corrected chi connectivity index (χ3v) is 4.18. The van der Waals surface area contributed by atoms with Gasteiger partial charge in [0.2, 0.25) is 5.91 Å². The van der Waals surface area contributed by atoms with Crippen LogP contribution in [-0.2, 0) is 17.8 Å². The van der Waals surface area contributed by atoms with Gasteiger partial charge in [0.25, 0.3) is 0 Å². The molecule has 0 unspecified atom stereocenters. The van der Waals surface area contributed by atoms with E-state index >= 15 is 0 Å². The van der Waals surface area contributed by atoms with E-state index in [0.717, 1.165) is 12.0 Å². The molecular weight excluding hydrogens is 240 g/mol. The molecule has 0 spiro atoms. The molecule has 0 fully saturated rings. The summed E-state index contributed by atoms with van der Waals surface area (Å²) in [4.78, 5) is 14.3. The van der Waals surface area contributed by atoms with E-state index in [4.69, 9.17) is 5.73 Å². The summed E-state index contributed by atoms with van der Waals surface area (Å²) in [5.74, 6) is 0.268. The van der Waals surface area contributed by atoms with E-state index in [1.54, 1.807) is 12.1 Å². The fraction of sp³-hybridized carbons (Fsp3) is 0.533. The maximum atomic E-state index is 12.5. The number of aromatic hydroxyl groups is 1. The zero-order chi connectivity index (χ0) is 14.0. The van der Waals surface area contributed by atoms with Crippen molar-refractivity contribution in [1.29, 1.82) is 0 Å². The average molecular weight is 262 g/mol. The maximum Gasteiger partial charge on any atom is 0.242 e. The van der Waals surface area contributed by atoms with Crippen LogP contribution < -0.4 is 5.73 Å². The van der Waals surface area contributed by atoms with Gasteiger partial charge in [-0.25, -0.2) is 0 Å². The molecule has 2 rings (SSSR count). The van der Waals surface area contributed by atoms with Crippen LogP contribution in [0.1, 0.15) is 37.8 Å². The molecular formula is C15H22N2O2. The summed E-state index contributed by atoms with van der Waals surface area (Å²) in [6.07, 6.45) is 2.11. The Morgan fingerprint density at radius 1 is 1.37 bits per heavy atom. The van der Waals surface area contributed by atoms with Crippen LogP contribution >= 0.6 is 0 Å². The van der Waals surface area contributed by atoms with Gasteiger partial charge in [0.1, 0.15) is 5.75 Å². The van der Waals surface area contributed by atoms with Gasteiger partial charge >= 0.3 is 0 Å². The normalized spacial score (nSPS) is 15.2. The van der Waals surface area contributed by atoms with Gasteiger partial charge in [-0.15, -0.1) is 0 Å². The van der Waals surface area contributed by atoms with Crippen LogP contribution in [0.25, 0.3) is 0 Å². The number of hydrogen-bond acceptors (Lipinski definition) is 3. The van der Waals surface area contributed by atoms with Crippen LogP contribution in [-0.4, -0.2) is 28.0 Å². The van der Waals surface area contributed by atoms with Gasteiger partial charge in [0.05, 0.1) is 5.54 Å². The minimum absolute atomic E-state index is 0.0199. The first-order chi connectivity index (χ1) is 9.00. The third kappa shape index (κ3) is 2.59. The molecule has 1 aliphatic rings. The van der Waals surface area contributed by atoms with E-state index in [-0.39, 0.29) is 11.7 Å². The second-order valence-corrected chi connectivity index (χ2v) is 5.29. The van der Waals surface area contributed by atoms with Crippen LogP contribution in [0.2, 0.25) is 0 Å². The molecule has 3 N–H and O–H groups in total. The molecule has 4 heteroatoms. The minimum atomic E-state index is -0.756. The van der Waals surface area contributed by atoms with Crippen LogP contribution in [0.5, 0.6) is 5.75 Å². The second kappa shape index (κ2) is 5.21. The van der Waals surface area contributed by atoms with E-state index in [1.165, 1.54) is 5.56 Å². The molecule has 0 atom stereocenters. The molecule has 1 amide bonds. The molecule has 1 aromatic carbocycles. The molecule has 0 radical (unpaired) electrons. The Morgan fingerprint density at radius 3 is 2.68 bits per heavy atom. The van der Waals surface area contributed by atoms with Crippen LogP contribution in [0.4, 0.5) is 0 Å². The first-order valence-electron chi connectivity index (χ1n) is 6.89. The van der Waals surface area contributed by atoms with Crippen LogP contribution in [0, 0.1) is 0 Å². The van der Waals surface area contributed by atoms with Crippen molar-refractivity contribution in [3.05, 3.63) is 29.3 Å². The topological polar surface area (TPSA) is 66.6 Å². The Hall–Kier alpha value is -1.55. The van der Waals surface area contributed by atoms with Gasteiger partial charge in [0, 0.05) is 13.1 Å². The Morgan fingerprint density at radius 2 is 2.05 bits per heavy atom. The summed E-state index contributed by atoms with van der Waals surface area (Å²) in [6.45, 7) is 5.15. The highest BCUT2D eigenvalue weighted by Gasteiger charge is 2.35. The molecule has 0 aliphatic carbocycles. The first kappa shape index (κ1) is 13.9. The van der Waals surface area contributed by atoms with Gasteiger partial charge in [-0.3, -0.25) is 4.79 Å². The molecule has 1 heterocycles. The number of nitrogens with zero attached hydrogens (tertiary/aromatic N) is 1. The number of phenols is 1. The molecule has 1 aromatic rings.